The van der Waals surface area contributed by atoms with Crippen LogP contribution in [0.1, 0.15) is 29.9 Å². The van der Waals surface area contributed by atoms with E-state index in [0.29, 0.717) is 23.0 Å². The van der Waals surface area contributed by atoms with Crippen LogP contribution in [0.3, 0.4) is 0 Å². The normalized spacial score (nSPS) is 16.3. The molecular weight excluding hydrogens is 369 g/mol. The summed E-state index contributed by atoms with van der Waals surface area (Å²) in [4.78, 5) is 11.3. The Morgan fingerprint density at radius 1 is 1.00 bits per heavy atom. The van der Waals surface area contributed by atoms with E-state index in [0.717, 1.165) is 49.3 Å². The number of aromatic nitrogens is 6. The predicted molar refractivity (Wildman–Crippen MR) is 108 cm³/mol. The zero-order valence-corrected chi connectivity index (χ0v) is 16.9. The minimum Gasteiger partial charge on any atom is -0.306 e. The van der Waals surface area contributed by atoms with Gasteiger partial charge in [-0.1, -0.05) is 0 Å². The highest BCUT2D eigenvalue weighted by molar-refractivity contribution is 5.64. The van der Waals surface area contributed by atoms with Gasteiger partial charge in [-0.3, -0.25) is 0 Å². The summed E-state index contributed by atoms with van der Waals surface area (Å²) in [5.74, 6) is 0.883. The largest absolute Gasteiger partial charge is 0.306 e. The van der Waals surface area contributed by atoms with Crippen molar-refractivity contribution in [2.75, 3.05) is 20.1 Å². The number of nitrogens with zero attached hydrogens (tertiary/aromatic N) is 7. The van der Waals surface area contributed by atoms with Gasteiger partial charge in [0, 0.05) is 18.2 Å². The Morgan fingerprint density at radius 2 is 1.76 bits per heavy atom. The van der Waals surface area contributed by atoms with Gasteiger partial charge < -0.3 is 4.90 Å². The summed E-state index contributed by atoms with van der Waals surface area (Å²) in [7, 11) is 2.15. The van der Waals surface area contributed by atoms with Crippen molar-refractivity contribution in [3.63, 3.8) is 0 Å². The first kappa shape index (κ1) is 18.2. The summed E-state index contributed by atoms with van der Waals surface area (Å²) in [5.41, 5.74) is 4.32. The molecule has 0 unspecified atom stereocenters. The molecule has 4 aromatic heterocycles. The topological polar surface area (TPSA) is 63.6 Å². The van der Waals surface area contributed by atoms with E-state index in [9.17, 15) is 4.39 Å². The van der Waals surface area contributed by atoms with Gasteiger partial charge in [0.2, 0.25) is 0 Å². The van der Waals surface area contributed by atoms with E-state index >= 15 is 0 Å². The first-order valence-electron chi connectivity index (χ1n) is 10.0. The zero-order chi connectivity index (χ0) is 20.1. The van der Waals surface area contributed by atoms with Crippen molar-refractivity contribution in [3.05, 3.63) is 47.4 Å². The highest BCUT2D eigenvalue weighted by Crippen LogP contribution is 2.24. The molecule has 5 heterocycles. The molecule has 7 nitrogen and oxygen atoms in total. The van der Waals surface area contributed by atoms with Crippen molar-refractivity contribution >= 4 is 11.3 Å². The van der Waals surface area contributed by atoms with Crippen molar-refractivity contribution in [2.45, 2.75) is 33.1 Å². The molecule has 4 aromatic rings. The van der Waals surface area contributed by atoms with Crippen LogP contribution in [-0.2, 0) is 6.42 Å². The van der Waals surface area contributed by atoms with E-state index in [1.54, 1.807) is 15.2 Å². The zero-order valence-electron chi connectivity index (χ0n) is 16.9. The fourth-order valence-electron chi connectivity index (χ4n) is 4.13. The maximum absolute atomic E-state index is 14.8. The second-order valence-corrected chi connectivity index (χ2v) is 8.19. The maximum Gasteiger partial charge on any atom is 0.191 e. The first-order valence-corrected chi connectivity index (χ1v) is 10.0. The van der Waals surface area contributed by atoms with Gasteiger partial charge in [-0.15, -0.1) is 0 Å². The summed E-state index contributed by atoms with van der Waals surface area (Å²) in [5, 5.41) is 9.17. The lowest BCUT2D eigenvalue weighted by molar-refractivity contribution is 0.217. The number of imidazole rings is 1. The summed E-state index contributed by atoms with van der Waals surface area (Å²) in [6.07, 6.45) is 6.74. The lowest BCUT2D eigenvalue weighted by Crippen LogP contribution is -2.31. The van der Waals surface area contributed by atoms with E-state index in [1.807, 2.05) is 26.1 Å². The van der Waals surface area contributed by atoms with Crippen LogP contribution in [-0.4, -0.2) is 54.2 Å². The van der Waals surface area contributed by atoms with Gasteiger partial charge in [0.15, 0.2) is 22.9 Å². The molecule has 1 saturated heterocycles. The van der Waals surface area contributed by atoms with Gasteiger partial charge >= 0.3 is 0 Å². The smallest absolute Gasteiger partial charge is 0.191 e. The molecule has 1 fully saturated rings. The Labute approximate surface area is 168 Å². The molecule has 0 aromatic carbocycles. The third-order valence-corrected chi connectivity index (χ3v) is 5.77. The average molecular weight is 393 g/mol. The summed E-state index contributed by atoms with van der Waals surface area (Å²) < 4.78 is 18.1. The molecule has 0 bridgehead atoms. The molecule has 1 aliphatic heterocycles. The molecule has 8 heteroatoms. The van der Waals surface area contributed by atoms with Gasteiger partial charge in [0.05, 0.1) is 17.6 Å². The Hall–Kier alpha value is -2.87. The average Bonchev–Trinajstić information content (AvgIpc) is 3.26. The van der Waals surface area contributed by atoms with Gasteiger partial charge in [-0.2, -0.15) is 10.2 Å². The molecule has 29 heavy (non-hydrogen) atoms. The molecular formula is C21H24FN7. The standard InChI is InChI=1S/C21H24FN7/c1-13-8-18(25-28-11-14(2)23-20(13)28)16-10-17(22)21-24-19(26-29(21)12-16)9-15-4-6-27(3)7-5-15/h8,10-12,15H,4-7,9H2,1-3H3. The van der Waals surface area contributed by atoms with E-state index in [-0.39, 0.29) is 11.5 Å². The lowest BCUT2D eigenvalue weighted by Gasteiger charge is -2.28. The minimum atomic E-state index is -0.383. The van der Waals surface area contributed by atoms with Crippen LogP contribution in [0, 0.1) is 25.6 Å². The van der Waals surface area contributed by atoms with Crippen molar-refractivity contribution < 1.29 is 4.39 Å². The highest BCUT2D eigenvalue weighted by Gasteiger charge is 2.20. The quantitative estimate of drug-likeness (QED) is 0.535. The van der Waals surface area contributed by atoms with Crippen LogP contribution in [0.15, 0.2) is 24.5 Å². The second-order valence-electron chi connectivity index (χ2n) is 8.19. The van der Waals surface area contributed by atoms with E-state index in [1.165, 1.54) is 6.07 Å². The van der Waals surface area contributed by atoms with Crippen LogP contribution in [0.25, 0.3) is 22.6 Å². The van der Waals surface area contributed by atoms with Crippen LogP contribution in [0.4, 0.5) is 4.39 Å². The van der Waals surface area contributed by atoms with Crippen LogP contribution in [0.5, 0.6) is 0 Å². The molecule has 0 amide bonds. The number of halogens is 1. The first-order chi connectivity index (χ1) is 14.0. The second kappa shape index (κ2) is 6.88. The number of aryl methyl sites for hydroxylation is 2. The predicted octanol–water partition coefficient (Wildman–Crippen LogP) is 3.08. The summed E-state index contributed by atoms with van der Waals surface area (Å²) >= 11 is 0. The number of fused-ring (bicyclic) bond motifs is 2. The minimum absolute atomic E-state index is 0.271. The van der Waals surface area contributed by atoms with Crippen LogP contribution in [0.2, 0.25) is 0 Å². The lowest BCUT2D eigenvalue weighted by atomic mass is 9.94. The van der Waals surface area contributed by atoms with Crippen molar-refractivity contribution in [3.8, 4) is 11.3 Å². The molecule has 0 aliphatic carbocycles. The highest BCUT2D eigenvalue weighted by atomic mass is 19.1. The Balaban J connectivity index is 1.49. The molecule has 5 rings (SSSR count). The fraction of sp³-hybridized carbons (Fsp3) is 0.429. The van der Waals surface area contributed by atoms with E-state index in [2.05, 4.69) is 32.1 Å². The Morgan fingerprint density at radius 3 is 2.55 bits per heavy atom. The molecule has 150 valence electrons. The molecule has 1 aliphatic rings. The van der Waals surface area contributed by atoms with Crippen molar-refractivity contribution in [1.82, 2.24) is 34.1 Å². The third kappa shape index (κ3) is 3.37. The molecule has 0 atom stereocenters. The third-order valence-electron chi connectivity index (χ3n) is 5.77. The van der Waals surface area contributed by atoms with Crippen molar-refractivity contribution in [2.24, 2.45) is 5.92 Å². The van der Waals surface area contributed by atoms with Crippen LogP contribution < -0.4 is 0 Å². The number of likely N-dealkylation sites (tertiary alicyclic amines) is 1. The Bertz CT molecular complexity index is 1200. The van der Waals surface area contributed by atoms with E-state index < -0.39 is 0 Å². The van der Waals surface area contributed by atoms with Crippen molar-refractivity contribution in [1.29, 1.82) is 0 Å². The molecule has 0 spiro atoms. The van der Waals surface area contributed by atoms with Gasteiger partial charge in [0.25, 0.3) is 0 Å². The number of hydrogen-bond donors (Lipinski definition) is 0. The fourth-order valence-corrected chi connectivity index (χ4v) is 4.13. The van der Waals surface area contributed by atoms with Gasteiger partial charge in [-0.25, -0.2) is 23.4 Å². The molecule has 0 N–H and O–H groups in total. The number of rotatable bonds is 3. The molecule has 0 radical (unpaired) electrons. The summed E-state index contributed by atoms with van der Waals surface area (Å²) in [6, 6.07) is 3.42. The Kier molecular flexibility index (Phi) is 4.31. The summed E-state index contributed by atoms with van der Waals surface area (Å²) in [6.45, 7) is 6.10. The molecule has 0 saturated carbocycles. The number of piperidine rings is 1. The van der Waals surface area contributed by atoms with Gasteiger partial charge in [-0.05, 0) is 70.4 Å². The monoisotopic (exact) mass is 393 g/mol. The van der Waals surface area contributed by atoms with E-state index in [4.69, 9.17) is 0 Å². The van der Waals surface area contributed by atoms with Crippen LogP contribution >= 0.6 is 0 Å². The maximum atomic E-state index is 14.8. The number of hydrogen-bond acceptors (Lipinski definition) is 5. The number of pyridine rings is 1. The SMILES string of the molecule is Cc1cn2nc(-c3cc(F)c4nc(CC5CCN(C)CC5)nn4c3)cc(C)c2n1. The van der Waals surface area contributed by atoms with Gasteiger partial charge in [0.1, 0.15) is 0 Å².